The molecule has 3 N–H and O–H groups in total. The van der Waals surface area contributed by atoms with E-state index in [0.29, 0.717) is 15.7 Å². The molecule has 7 rings (SSSR count). The van der Waals surface area contributed by atoms with E-state index in [-0.39, 0.29) is 6.03 Å². The molecule has 6 aliphatic carbocycles. The first-order valence-electron chi connectivity index (χ1n) is 23.0. The minimum absolute atomic E-state index is 0.205. The van der Waals surface area contributed by atoms with Crippen molar-refractivity contribution in [3.63, 3.8) is 0 Å². The Labute approximate surface area is 350 Å². The molecular formula is C45H78Cl2N2O3Sn2. The fraction of sp³-hybridized carbons (Fsp3) is 0.844. The first kappa shape index (κ1) is 45.7. The van der Waals surface area contributed by atoms with E-state index in [9.17, 15) is 11.7 Å². The number of carbonyl (C=O) groups excluding carboxylic acids is 1. The molecule has 6 fully saturated rings. The van der Waals surface area contributed by atoms with E-state index in [1.807, 2.05) is 0 Å². The molecule has 1 aromatic rings. The van der Waals surface area contributed by atoms with Gasteiger partial charge in [0.1, 0.15) is 0 Å². The average molecular weight is 1000 g/mol. The van der Waals surface area contributed by atoms with Gasteiger partial charge in [-0.3, -0.25) is 0 Å². The summed E-state index contributed by atoms with van der Waals surface area (Å²) in [6.07, 6.45) is 42.5. The second-order valence-corrected chi connectivity index (χ2v) is 43.7. The second-order valence-electron chi connectivity index (χ2n) is 18.7. The molecule has 0 spiro atoms. The second kappa shape index (κ2) is 23.4. The molecule has 9 heteroatoms. The topological polar surface area (TPSA) is 72.8 Å². The zero-order valence-electron chi connectivity index (χ0n) is 34.4. The van der Waals surface area contributed by atoms with Gasteiger partial charge in [-0.05, 0) is 18.2 Å². The summed E-state index contributed by atoms with van der Waals surface area (Å²) in [5.74, 6) is 0. The molecule has 0 radical (unpaired) electrons. The molecule has 0 heterocycles. The van der Waals surface area contributed by atoms with Crippen LogP contribution in [0.25, 0.3) is 0 Å². The molecule has 54 heavy (non-hydrogen) atoms. The van der Waals surface area contributed by atoms with Crippen LogP contribution in [0.4, 0.5) is 10.5 Å². The quantitative estimate of drug-likeness (QED) is 0.238. The maximum absolute atomic E-state index is 12.1. The Morgan fingerprint density at radius 3 is 0.981 bits per heavy atom. The zero-order valence-corrected chi connectivity index (χ0v) is 41.6. The maximum atomic E-state index is 12.1. The molecule has 0 bridgehead atoms. The van der Waals surface area contributed by atoms with Crippen LogP contribution in [0.15, 0.2) is 18.2 Å². The van der Waals surface area contributed by atoms with Crippen LogP contribution in [0, 0.1) is 0 Å². The number of hydrogen-bond donors (Lipinski definition) is 3. The predicted octanol–water partition coefficient (Wildman–Crippen LogP) is 14.9. The number of rotatable bonds is 7. The Bertz CT molecular complexity index is 1080. The molecule has 0 unspecified atom stereocenters. The number of nitrogens with one attached hydrogen (secondary N) is 1. The molecule has 0 aromatic heterocycles. The van der Waals surface area contributed by atoms with Gasteiger partial charge in [-0.1, -0.05) is 23.2 Å². The number of carbonyl (C=O) groups is 1. The van der Waals surface area contributed by atoms with Crippen LogP contribution in [0.2, 0.25) is 33.6 Å². The molecule has 0 saturated heterocycles. The molecule has 0 aliphatic heterocycles. The molecular weight excluding hydrogens is 925 g/mol. The van der Waals surface area contributed by atoms with Crippen molar-refractivity contribution in [3.05, 3.63) is 28.2 Å². The van der Waals surface area contributed by atoms with Gasteiger partial charge in [0, 0.05) is 19.8 Å². The number of hydrogen-bond acceptors (Lipinski definition) is 3. The van der Waals surface area contributed by atoms with E-state index in [2.05, 4.69) is 5.32 Å². The molecule has 6 saturated carbocycles. The monoisotopic (exact) mass is 1000 g/mol. The van der Waals surface area contributed by atoms with Gasteiger partial charge < -0.3 is 10.2 Å². The zero-order chi connectivity index (χ0) is 38.4. The van der Waals surface area contributed by atoms with Crippen LogP contribution in [0.1, 0.15) is 193 Å². The summed E-state index contributed by atoms with van der Waals surface area (Å²) in [4.78, 5) is 12.7. The number of amides is 2. The SMILES string of the molecule is CN(C)C(=O)Nc1ccc(Cl)c(Cl)c1.[OH][Sn]([CH]1CCCCC1)([CH]1CCCCC1)[CH]1CCCCC1.[OH][Sn]([CH]1CCCCC1)([CH]1CCCCC1)[CH]1CCCCC1. The summed E-state index contributed by atoms with van der Waals surface area (Å²) < 4.78 is 29.2. The average Bonchev–Trinajstić information content (AvgIpc) is 3.24. The number of urea groups is 1. The van der Waals surface area contributed by atoms with Gasteiger partial charge in [-0.15, -0.1) is 0 Å². The van der Waals surface area contributed by atoms with E-state index in [1.54, 1.807) is 32.3 Å². The van der Waals surface area contributed by atoms with E-state index in [1.165, 1.54) is 198 Å². The standard InChI is InChI=1S/C9H10Cl2N2O.6C6H11.2H2O.2Sn/c1-13(2)9(14)12-6-3-4-7(10)8(11)5-6;6*1-2-4-6-5-3-1;;;;/h3-5H,1-2H3,(H,12,14);6*1H,2-6H2;2*1H2;;/q;;;;;;;;;2*+1/p-2. The van der Waals surface area contributed by atoms with Gasteiger partial charge in [0.2, 0.25) is 0 Å². The third-order valence-electron chi connectivity index (χ3n) is 15.1. The van der Waals surface area contributed by atoms with Gasteiger partial charge in [0.25, 0.3) is 0 Å². The van der Waals surface area contributed by atoms with Crippen molar-refractivity contribution in [1.82, 2.24) is 4.90 Å². The summed E-state index contributed by atoms with van der Waals surface area (Å²) in [6.45, 7) is 0. The number of halogens is 2. The number of nitrogens with zero attached hydrogens (tertiary/aromatic N) is 1. The third-order valence-corrected chi connectivity index (χ3v) is 48.2. The van der Waals surface area contributed by atoms with Crippen molar-refractivity contribution in [2.75, 3.05) is 19.4 Å². The predicted molar refractivity (Wildman–Crippen MR) is 236 cm³/mol. The van der Waals surface area contributed by atoms with Crippen molar-refractivity contribution in [3.8, 4) is 0 Å². The van der Waals surface area contributed by atoms with E-state index >= 15 is 0 Å². The van der Waals surface area contributed by atoms with Crippen LogP contribution < -0.4 is 5.32 Å². The number of benzene rings is 1. The summed E-state index contributed by atoms with van der Waals surface area (Å²) in [7, 11) is 3.32. The summed E-state index contributed by atoms with van der Waals surface area (Å²) >= 11 is 5.61. The fourth-order valence-corrected chi connectivity index (χ4v) is 46.7. The first-order chi connectivity index (χ1) is 26.1. The number of anilines is 1. The van der Waals surface area contributed by atoms with Gasteiger partial charge >= 0.3 is 267 Å². The van der Waals surface area contributed by atoms with Crippen LogP contribution >= 0.6 is 23.2 Å². The molecule has 1 aromatic carbocycles. The Kier molecular flexibility index (Phi) is 19.8. The van der Waals surface area contributed by atoms with Crippen molar-refractivity contribution >= 4 is 72.5 Å². The van der Waals surface area contributed by atoms with Crippen LogP contribution in [-0.4, -0.2) is 69.5 Å². The summed E-state index contributed by atoms with van der Waals surface area (Å²) in [6, 6.07) is 4.72. The molecule has 6 aliphatic rings. The summed E-state index contributed by atoms with van der Waals surface area (Å²) in [5.41, 5.74) is 0.623. The molecule has 5 nitrogen and oxygen atoms in total. The van der Waals surface area contributed by atoms with E-state index < -0.39 is 37.6 Å². The van der Waals surface area contributed by atoms with Crippen molar-refractivity contribution in [2.45, 2.75) is 216 Å². The Hall–Kier alpha value is 0.587. The minimum atomic E-state index is -2.95. The van der Waals surface area contributed by atoms with Crippen molar-refractivity contribution < 1.29 is 11.7 Å². The Morgan fingerprint density at radius 1 is 0.500 bits per heavy atom. The molecule has 308 valence electrons. The normalized spacial score (nSPS) is 23.7. The van der Waals surface area contributed by atoms with Crippen LogP contribution in [-0.2, 0) is 0 Å². The summed E-state index contributed by atoms with van der Waals surface area (Å²) in [5, 5.41) is 3.54. The van der Waals surface area contributed by atoms with E-state index in [0.717, 1.165) is 23.6 Å². The molecule has 2 amide bonds. The van der Waals surface area contributed by atoms with Crippen molar-refractivity contribution in [2.24, 2.45) is 0 Å². The Morgan fingerprint density at radius 2 is 0.759 bits per heavy atom. The van der Waals surface area contributed by atoms with E-state index in [4.69, 9.17) is 23.2 Å². The fourth-order valence-electron chi connectivity index (χ4n) is 12.2. The third kappa shape index (κ3) is 12.6. The Balaban J connectivity index is 0.000000159. The van der Waals surface area contributed by atoms with Gasteiger partial charge in [0.15, 0.2) is 0 Å². The van der Waals surface area contributed by atoms with Crippen molar-refractivity contribution in [1.29, 1.82) is 0 Å². The van der Waals surface area contributed by atoms with Crippen LogP contribution in [0.3, 0.4) is 0 Å². The van der Waals surface area contributed by atoms with Gasteiger partial charge in [-0.25, -0.2) is 4.79 Å². The van der Waals surface area contributed by atoms with Gasteiger partial charge in [0.05, 0.1) is 10.0 Å². The first-order valence-corrected chi connectivity index (χ1v) is 36.2. The van der Waals surface area contributed by atoms with Gasteiger partial charge in [-0.2, -0.15) is 0 Å². The molecule has 0 atom stereocenters. The van der Waals surface area contributed by atoms with Crippen LogP contribution in [0.5, 0.6) is 0 Å².